The number of hydrogen-bond donors (Lipinski definition) is 2. The van der Waals surface area contributed by atoms with Crippen LogP contribution in [0.1, 0.15) is 79.1 Å². The summed E-state index contributed by atoms with van der Waals surface area (Å²) in [6.07, 6.45) is 17.5. The first-order valence-electron chi connectivity index (χ1n) is 12.9. The highest BCUT2D eigenvalue weighted by atomic mass is 16.4. The summed E-state index contributed by atoms with van der Waals surface area (Å²) in [5, 5.41) is 17.6. The van der Waals surface area contributed by atoms with E-state index in [1.165, 1.54) is 38.5 Å². The Morgan fingerprint density at radius 3 is 2.53 bits per heavy atom. The Morgan fingerprint density at radius 1 is 1.19 bits per heavy atom. The van der Waals surface area contributed by atoms with Gasteiger partial charge in [-0.25, -0.2) is 0 Å². The molecular weight excluding hydrogens is 398 g/mol. The summed E-state index contributed by atoms with van der Waals surface area (Å²) in [6, 6.07) is 0. The fraction of sp³-hybridized carbons (Fsp3) is 0.821. The van der Waals surface area contributed by atoms with Gasteiger partial charge in [0.15, 0.2) is 0 Å². The second-order valence-corrected chi connectivity index (χ2v) is 12.0. The van der Waals surface area contributed by atoms with Crippen LogP contribution < -0.4 is 0 Å². The van der Waals surface area contributed by atoms with Crippen molar-refractivity contribution in [3.63, 3.8) is 0 Å². The van der Waals surface area contributed by atoms with E-state index < -0.39 is 5.97 Å². The average molecular weight is 446 g/mol. The van der Waals surface area contributed by atoms with Crippen molar-refractivity contribution in [2.24, 2.45) is 40.4 Å². The van der Waals surface area contributed by atoms with Crippen molar-refractivity contribution in [1.82, 2.24) is 4.90 Å². The molecule has 4 nitrogen and oxygen atoms in total. The van der Waals surface area contributed by atoms with E-state index in [9.17, 15) is 5.11 Å². The fourth-order valence-electron chi connectivity index (χ4n) is 8.17. The van der Waals surface area contributed by atoms with Gasteiger partial charge in [0.2, 0.25) is 0 Å². The van der Waals surface area contributed by atoms with Crippen LogP contribution in [-0.4, -0.2) is 47.8 Å². The van der Waals surface area contributed by atoms with Gasteiger partial charge in [-0.2, -0.15) is 0 Å². The number of carboxylic acids is 1. The molecule has 0 saturated heterocycles. The molecule has 3 fully saturated rings. The molecule has 0 radical (unpaired) electrons. The van der Waals surface area contributed by atoms with Gasteiger partial charge in [-0.05, 0) is 106 Å². The second-order valence-electron chi connectivity index (χ2n) is 12.0. The molecule has 0 amide bonds. The molecule has 8 atom stereocenters. The van der Waals surface area contributed by atoms with Crippen LogP contribution in [0.2, 0.25) is 0 Å². The number of hydrogen-bond acceptors (Lipinski definition) is 3. The van der Waals surface area contributed by atoms with E-state index in [0.717, 1.165) is 50.0 Å². The maximum Gasteiger partial charge on any atom is 0.300 e. The second kappa shape index (κ2) is 10.0. The summed E-state index contributed by atoms with van der Waals surface area (Å²) in [6.45, 7) is 9.80. The third kappa shape index (κ3) is 5.01. The van der Waals surface area contributed by atoms with E-state index >= 15 is 0 Å². The van der Waals surface area contributed by atoms with Crippen molar-refractivity contribution in [3.8, 4) is 0 Å². The third-order valence-electron chi connectivity index (χ3n) is 9.70. The van der Waals surface area contributed by atoms with Gasteiger partial charge in [-0.3, -0.25) is 4.79 Å². The molecule has 0 spiro atoms. The molecule has 4 aliphatic carbocycles. The summed E-state index contributed by atoms with van der Waals surface area (Å²) in [7, 11) is 4.30. The smallest absolute Gasteiger partial charge is 0.300 e. The fourth-order valence-corrected chi connectivity index (χ4v) is 8.17. The van der Waals surface area contributed by atoms with Crippen molar-refractivity contribution >= 4 is 5.97 Å². The van der Waals surface area contributed by atoms with E-state index in [4.69, 9.17) is 9.90 Å². The summed E-state index contributed by atoms with van der Waals surface area (Å²) < 4.78 is 0. The van der Waals surface area contributed by atoms with E-state index in [1.54, 1.807) is 5.57 Å². The van der Waals surface area contributed by atoms with Crippen molar-refractivity contribution in [1.29, 1.82) is 0 Å². The van der Waals surface area contributed by atoms with Gasteiger partial charge < -0.3 is 15.1 Å². The number of nitrogens with zero attached hydrogens (tertiary/aromatic N) is 1. The van der Waals surface area contributed by atoms with Crippen molar-refractivity contribution < 1.29 is 15.0 Å². The van der Waals surface area contributed by atoms with Gasteiger partial charge in [0, 0.05) is 13.5 Å². The van der Waals surface area contributed by atoms with Crippen LogP contribution >= 0.6 is 0 Å². The summed E-state index contributed by atoms with van der Waals surface area (Å²) in [5.74, 6) is 3.36. The molecule has 0 aromatic heterocycles. The topological polar surface area (TPSA) is 60.8 Å². The van der Waals surface area contributed by atoms with Gasteiger partial charge >= 0.3 is 0 Å². The number of carbonyl (C=O) groups is 1. The zero-order valence-electron chi connectivity index (χ0n) is 21.3. The number of carboxylic acid groups (broad SMARTS) is 1. The van der Waals surface area contributed by atoms with E-state index in [-0.39, 0.29) is 6.10 Å². The van der Waals surface area contributed by atoms with Crippen molar-refractivity contribution in [2.75, 3.05) is 20.6 Å². The molecule has 32 heavy (non-hydrogen) atoms. The zero-order valence-corrected chi connectivity index (χ0v) is 21.3. The third-order valence-corrected chi connectivity index (χ3v) is 9.70. The first-order chi connectivity index (χ1) is 15.0. The van der Waals surface area contributed by atoms with Crippen LogP contribution in [0.15, 0.2) is 23.8 Å². The minimum Gasteiger partial charge on any atom is -0.481 e. The first kappa shape index (κ1) is 25.5. The molecule has 3 saturated carbocycles. The monoisotopic (exact) mass is 445 g/mol. The van der Waals surface area contributed by atoms with Crippen LogP contribution in [0.5, 0.6) is 0 Å². The van der Waals surface area contributed by atoms with Crippen LogP contribution in [0.25, 0.3) is 0 Å². The number of rotatable bonds is 4. The highest BCUT2D eigenvalue weighted by Crippen LogP contribution is 2.67. The Morgan fingerprint density at radius 2 is 1.88 bits per heavy atom. The SMILES string of the molecule is CC(=O)O.C[C@H](/C=C\CN(C)C)[C@H]1CC[C@H]2[C@@H]3CC=C4C[C@@H](O)CC[C@]4(C)[C@H]3CC[C@]12C. The summed E-state index contributed by atoms with van der Waals surface area (Å²) >= 11 is 0. The Kier molecular flexibility index (Phi) is 7.97. The maximum atomic E-state index is 10.2. The predicted octanol–water partition coefficient (Wildman–Crippen LogP) is 5.77. The molecule has 4 rings (SSSR count). The first-order valence-corrected chi connectivity index (χ1v) is 12.9. The number of aliphatic hydroxyl groups is 1. The van der Waals surface area contributed by atoms with Gasteiger partial charge in [0.1, 0.15) is 0 Å². The number of aliphatic hydroxyl groups excluding tert-OH is 1. The largest absolute Gasteiger partial charge is 0.481 e. The Hall–Kier alpha value is -1.13. The molecule has 0 aromatic rings. The minimum atomic E-state index is -0.833. The van der Waals surface area contributed by atoms with Crippen molar-refractivity contribution in [2.45, 2.75) is 85.2 Å². The molecular formula is C28H47NO3. The van der Waals surface area contributed by atoms with Gasteiger partial charge in [0.05, 0.1) is 6.10 Å². The highest BCUT2D eigenvalue weighted by molar-refractivity contribution is 5.62. The number of fused-ring (bicyclic) bond motifs is 5. The summed E-state index contributed by atoms with van der Waals surface area (Å²) in [4.78, 5) is 11.3. The summed E-state index contributed by atoms with van der Waals surface area (Å²) in [5.41, 5.74) is 2.50. The van der Waals surface area contributed by atoms with E-state index in [0.29, 0.717) is 16.7 Å². The number of aliphatic carboxylic acids is 1. The maximum absolute atomic E-state index is 10.2. The molecule has 0 unspecified atom stereocenters. The van der Waals surface area contributed by atoms with Crippen LogP contribution in [-0.2, 0) is 4.79 Å². The molecule has 4 heteroatoms. The van der Waals surface area contributed by atoms with Gasteiger partial charge in [-0.1, -0.05) is 44.6 Å². The molecule has 0 heterocycles. The van der Waals surface area contributed by atoms with Gasteiger partial charge in [-0.15, -0.1) is 0 Å². The Balaban J connectivity index is 0.000000668. The average Bonchev–Trinajstić information content (AvgIpc) is 3.05. The lowest BCUT2D eigenvalue weighted by Gasteiger charge is -2.58. The van der Waals surface area contributed by atoms with Crippen molar-refractivity contribution in [3.05, 3.63) is 23.8 Å². The minimum absolute atomic E-state index is 0.0876. The Bertz CT molecular complexity index is 724. The lowest BCUT2D eigenvalue weighted by atomic mass is 9.47. The molecule has 2 N–H and O–H groups in total. The lowest BCUT2D eigenvalue weighted by Crippen LogP contribution is -2.50. The van der Waals surface area contributed by atoms with Crippen LogP contribution in [0.4, 0.5) is 0 Å². The lowest BCUT2D eigenvalue weighted by molar-refractivity contribution is -0.134. The molecule has 4 aliphatic rings. The number of allylic oxidation sites excluding steroid dienone is 2. The quantitative estimate of drug-likeness (QED) is 0.539. The number of likely N-dealkylation sites (N-methyl/N-ethyl adjacent to an activating group) is 1. The standard InChI is InChI=1S/C26H43NO.C2H4O2/c1-18(7-6-16-27(4)5)22-10-11-23-21-9-8-19-17-20(28)12-14-25(19,2)24(21)13-15-26(22,23)3;1-2(3)4/h6-8,18,20-24,28H,9-17H2,1-5H3;1H3,(H,3,4)/b7-6-;/t18-,20+,21+,22-,23+,24+,25+,26-;/m1./s1. The Labute approximate surface area is 196 Å². The van der Waals surface area contributed by atoms with Gasteiger partial charge in [0.25, 0.3) is 5.97 Å². The molecule has 182 valence electrons. The predicted molar refractivity (Wildman–Crippen MR) is 131 cm³/mol. The van der Waals surface area contributed by atoms with Crippen LogP contribution in [0, 0.1) is 40.4 Å². The van der Waals surface area contributed by atoms with E-state index in [2.05, 4.69) is 58.0 Å². The normalized spacial score (nSPS) is 41.8. The molecule has 0 bridgehead atoms. The molecule has 0 aromatic carbocycles. The molecule has 0 aliphatic heterocycles. The van der Waals surface area contributed by atoms with Crippen LogP contribution in [0.3, 0.4) is 0 Å². The zero-order chi connectivity index (χ0) is 23.7. The van der Waals surface area contributed by atoms with E-state index in [1.807, 2.05) is 0 Å². The highest BCUT2D eigenvalue weighted by Gasteiger charge is 2.58.